The molecule has 0 bridgehead atoms. The Labute approximate surface area is 127 Å². The lowest BCUT2D eigenvalue weighted by Crippen LogP contribution is -2.38. The lowest BCUT2D eigenvalue weighted by Gasteiger charge is -2.33. The van der Waals surface area contributed by atoms with Gasteiger partial charge >= 0.3 is 0 Å². The zero-order chi connectivity index (χ0) is 14.8. The van der Waals surface area contributed by atoms with E-state index < -0.39 is 0 Å². The number of rotatable bonds is 3. The first-order chi connectivity index (χ1) is 10.2. The molecule has 0 saturated carbocycles. The van der Waals surface area contributed by atoms with Gasteiger partial charge in [-0.05, 0) is 34.7 Å². The van der Waals surface area contributed by atoms with Crippen LogP contribution in [0.3, 0.4) is 0 Å². The molecule has 0 radical (unpaired) electrons. The topological polar surface area (TPSA) is 12.5 Å². The average Bonchev–Trinajstić information content (AvgIpc) is 2.54. The van der Waals surface area contributed by atoms with Gasteiger partial charge in [0, 0.05) is 19.1 Å². The molecule has 1 atom stereocenters. The van der Waals surface area contributed by atoms with E-state index in [4.69, 9.17) is 4.74 Å². The molecular weight excluding hydrogens is 258 g/mol. The second-order valence-corrected chi connectivity index (χ2v) is 6.27. The van der Waals surface area contributed by atoms with Crippen molar-refractivity contribution in [2.75, 3.05) is 26.3 Å². The summed E-state index contributed by atoms with van der Waals surface area (Å²) in [4.78, 5) is 2.53. The number of morpholine rings is 1. The Morgan fingerprint density at radius 2 is 1.43 bits per heavy atom. The van der Waals surface area contributed by atoms with Crippen LogP contribution in [0.5, 0.6) is 0 Å². The fraction of sp³-hybridized carbons (Fsp3) is 0.474. The maximum atomic E-state index is 5.48. The Balaban J connectivity index is 2.04. The van der Waals surface area contributed by atoms with Gasteiger partial charge in [0.25, 0.3) is 0 Å². The number of benzene rings is 2. The highest BCUT2D eigenvalue weighted by Crippen LogP contribution is 2.33. The van der Waals surface area contributed by atoms with Gasteiger partial charge in [0.05, 0.1) is 13.2 Å². The summed E-state index contributed by atoms with van der Waals surface area (Å²) in [6.07, 6.45) is 0. The summed E-state index contributed by atoms with van der Waals surface area (Å²) in [5.41, 5.74) is 2.89. The molecule has 0 aromatic heterocycles. The molecule has 1 unspecified atom stereocenters. The summed E-state index contributed by atoms with van der Waals surface area (Å²) in [7, 11) is 0. The first-order valence-electron chi connectivity index (χ1n) is 8.02. The largest absolute Gasteiger partial charge is 0.379 e. The highest BCUT2D eigenvalue weighted by Gasteiger charge is 2.20. The fourth-order valence-electron chi connectivity index (χ4n) is 3.37. The van der Waals surface area contributed by atoms with Crippen LogP contribution in [-0.2, 0) is 4.74 Å². The molecule has 3 rings (SSSR count). The Morgan fingerprint density at radius 3 is 2.05 bits per heavy atom. The highest BCUT2D eigenvalue weighted by atomic mass is 16.5. The van der Waals surface area contributed by atoms with E-state index in [1.165, 1.54) is 21.9 Å². The molecular formula is C19H25NO. The molecule has 21 heavy (non-hydrogen) atoms. The Hall–Kier alpha value is -1.38. The third kappa shape index (κ3) is 2.83. The van der Waals surface area contributed by atoms with E-state index in [1.54, 1.807) is 0 Å². The minimum atomic E-state index is 0.444. The molecule has 2 aromatic rings. The van der Waals surface area contributed by atoms with Crippen LogP contribution >= 0.6 is 0 Å². The minimum Gasteiger partial charge on any atom is -0.379 e. The second-order valence-electron chi connectivity index (χ2n) is 6.27. The van der Waals surface area contributed by atoms with E-state index in [1.807, 2.05) is 0 Å². The number of hydrogen-bond acceptors (Lipinski definition) is 2. The van der Waals surface area contributed by atoms with Gasteiger partial charge in [0.15, 0.2) is 0 Å². The molecule has 0 amide bonds. The monoisotopic (exact) mass is 283 g/mol. The molecule has 1 heterocycles. The maximum Gasteiger partial charge on any atom is 0.0594 e. The molecule has 2 nitrogen and oxygen atoms in total. The summed E-state index contributed by atoms with van der Waals surface area (Å²) in [5, 5.41) is 2.81. The average molecular weight is 283 g/mol. The number of ether oxygens (including phenoxy) is 1. The number of hydrogen-bond donors (Lipinski definition) is 0. The first kappa shape index (κ1) is 14.6. The molecule has 0 spiro atoms. The summed E-state index contributed by atoms with van der Waals surface area (Å²) in [5.74, 6) is 0.558. The molecule has 1 saturated heterocycles. The van der Waals surface area contributed by atoms with Gasteiger partial charge in [-0.3, -0.25) is 4.90 Å². The van der Waals surface area contributed by atoms with E-state index in [-0.39, 0.29) is 0 Å². The number of nitrogens with zero attached hydrogens (tertiary/aromatic N) is 1. The van der Waals surface area contributed by atoms with Crippen molar-refractivity contribution in [3.8, 4) is 0 Å². The molecule has 0 aliphatic carbocycles. The Bertz CT molecular complexity index is 614. The molecule has 0 N–H and O–H groups in total. The summed E-state index contributed by atoms with van der Waals surface area (Å²) in [6, 6.07) is 13.9. The van der Waals surface area contributed by atoms with Crippen molar-refractivity contribution in [1.82, 2.24) is 4.90 Å². The van der Waals surface area contributed by atoms with E-state index in [2.05, 4.69) is 62.1 Å². The third-order valence-electron chi connectivity index (χ3n) is 4.66. The van der Waals surface area contributed by atoms with Crippen molar-refractivity contribution in [2.24, 2.45) is 0 Å². The van der Waals surface area contributed by atoms with Crippen molar-refractivity contribution in [1.29, 1.82) is 0 Å². The standard InChI is InChI=1S/C19H25NO/c1-14(2)16-8-9-17(19-7-5-4-6-18(16)19)15(3)20-10-12-21-13-11-20/h4-9,14-15H,10-13H2,1-3H3. The van der Waals surface area contributed by atoms with Crippen LogP contribution in [0.1, 0.15) is 43.9 Å². The first-order valence-corrected chi connectivity index (χ1v) is 8.02. The molecule has 1 fully saturated rings. The third-order valence-corrected chi connectivity index (χ3v) is 4.66. The molecule has 112 valence electrons. The van der Waals surface area contributed by atoms with Crippen molar-refractivity contribution < 1.29 is 4.74 Å². The van der Waals surface area contributed by atoms with Gasteiger partial charge in [0.1, 0.15) is 0 Å². The summed E-state index contributed by atoms with van der Waals surface area (Å²) < 4.78 is 5.48. The van der Waals surface area contributed by atoms with E-state index in [0.717, 1.165) is 26.3 Å². The minimum absolute atomic E-state index is 0.444. The van der Waals surface area contributed by atoms with Gasteiger partial charge in [-0.25, -0.2) is 0 Å². The van der Waals surface area contributed by atoms with Gasteiger partial charge in [-0.15, -0.1) is 0 Å². The predicted octanol–water partition coefficient (Wildman–Crippen LogP) is 4.36. The van der Waals surface area contributed by atoms with Crippen molar-refractivity contribution in [3.05, 3.63) is 47.5 Å². The predicted molar refractivity (Wildman–Crippen MR) is 88.8 cm³/mol. The fourth-order valence-corrected chi connectivity index (χ4v) is 3.37. The quantitative estimate of drug-likeness (QED) is 0.830. The lowest BCUT2D eigenvalue weighted by atomic mass is 9.91. The van der Waals surface area contributed by atoms with Gasteiger partial charge in [-0.1, -0.05) is 50.2 Å². The van der Waals surface area contributed by atoms with Crippen LogP contribution in [-0.4, -0.2) is 31.2 Å². The molecule has 2 aromatic carbocycles. The van der Waals surface area contributed by atoms with Crippen LogP contribution in [0.2, 0.25) is 0 Å². The van der Waals surface area contributed by atoms with E-state index in [9.17, 15) is 0 Å². The zero-order valence-electron chi connectivity index (χ0n) is 13.3. The van der Waals surface area contributed by atoms with Crippen LogP contribution < -0.4 is 0 Å². The molecule has 1 aliphatic rings. The smallest absolute Gasteiger partial charge is 0.0594 e. The van der Waals surface area contributed by atoms with Crippen molar-refractivity contribution >= 4 is 10.8 Å². The zero-order valence-corrected chi connectivity index (χ0v) is 13.3. The van der Waals surface area contributed by atoms with Crippen LogP contribution in [0.25, 0.3) is 10.8 Å². The van der Waals surface area contributed by atoms with E-state index in [0.29, 0.717) is 12.0 Å². The van der Waals surface area contributed by atoms with Crippen LogP contribution in [0.15, 0.2) is 36.4 Å². The molecule has 1 aliphatic heterocycles. The summed E-state index contributed by atoms with van der Waals surface area (Å²) in [6.45, 7) is 10.6. The SMILES string of the molecule is CC(C)c1ccc(C(C)N2CCOCC2)c2ccccc12. The second kappa shape index (κ2) is 6.17. The van der Waals surface area contributed by atoms with Gasteiger partial charge in [-0.2, -0.15) is 0 Å². The molecule has 2 heteroatoms. The lowest BCUT2D eigenvalue weighted by molar-refractivity contribution is 0.0201. The van der Waals surface area contributed by atoms with Crippen LogP contribution in [0, 0.1) is 0 Å². The van der Waals surface area contributed by atoms with Crippen LogP contribution in [0.4, 0.5) is 0 Å². The van der Waals surface area contributed by atoms with Gasteiger partial charge in [0.2, 0.25) is 0 Å². The Kier molecular flexibility index (Phi) is 4.27. The highest BCUT2D eigenvalue weighted by molar-refractivity contribution is 5.89. The number of fused-ring (bicyclic) bond motifs is 1. The Morgan fingerprint density at radius 1 is 0.857 bits per heavy atom. The maximum absolute atomic E-state index is 5.48. The van der Waals surface area contributed by atoms with E-state index >= 15 is 0 Å². The van der Waals surface area contributed by atoms with Crippen molar-refractivity contribution in [3.63, 3.8) is 0 Å². The van der Waals surface area contributed by atoms with Gasteiger partial charge < -0.3 is 4.74 Å². The normalized spacial score (nSPS) is 18.3. The van der Waals surface area contributed by atoms with Crippen molar-refractivity contribution in [2.45, 2.75) is 32.7 Å². The summed E-state index contributed by atoms with van der Waals surface area (Å²) >= 11 is 0.